The zero-order chi connectivity index (χ0) is 21.5. The van der Waals surface area contributed by atoms with Gasteiger partial charge in [0, 0.05) is 41.9 Å². The first kappa shape index (κ1) is 20.6. The summed E-state index contributed by atoms with van der Waals surface area (Å²) in [7, 11) is 1.46. The maximum absolute atomic E-state index is 12.8. The average molecular weight is 435 g/mol. The van der Waals surface area contributed by atoms with Crippen molar-refractivity contribution in [3.8, 4) is 5.88 Å². The number of fused-ring (bicyclic) bond motifs is 1. The lowest BCUT2D eigenvalue weighted by Crippen LogP contribution is -2.46. The summed E-state index contributed by atoms with van der Waals surface area (Å²) in [5.41, 5.74) is 1.62. The van der Waals surface area contributed by atoms with E-state index in [0.29, 0.717) is 51.6 Å². The number of hydrogen-bond acceptors (Lipinski definition) is 4. The summed E-state index contributed by atoms with van der Waals surface area (Å²) in [4.78, 5) is 17.1. The van der Waals surface area contributed by atoms with E-state index in [2.05, 4.69) is 10.3 Å². The molecule has 156 valence electrons. The van der Waals surface area contributed by atoms with E-state index in [4.69, 9.17) is 16.3 Å². The first-order chi connectivity index (χ1) is 14.3. The number of carbonyl (C=O) groups excluding carboxylic acids is 1. The minimum atomic E-state index is -4.39. The highest BCUT2D eigenvalue weighted by molar-refractivity contribution is 6.36. The molecule has 0 spiro atoms. The molecule has 4 nitrogen and oxygen atoms in total. The van der Waals surface area contributed by atoms with Crippen LogP contribution in [0.1, 0.15) is 27.0 Å². The Kier molecular flexibility index (Phi) is 5.42. The minimum Gasteiger partial charge on any atom is -0.481 e. The summed E-state index contributed by atoms with van der Waals surface area (Å²) in [6.45, 7) is 1.31. The second-order valence-electron chi connectivity index (χ2n) is 7.24. The second kappa shape index (κ2) is 7.89. The number of pyridine rings is 1. The number of ketones is 1. The number of ether oxygens (including phenoxy) is 1. The van der Waals surface area contributed by atoms with E-state index in [1.165, 1.54) is 19.2 Å². The first-order valence-corrected chi connectivity index (χ1v) is 9.73. The van der Waals surface area contributed by atoms with Crippen molar-refractivity contribution in [2.24, 2.45) is 5.92 Å². The van der Waals surface area contributed by atoms with E-state index < -0.39 is 11.7 Å². The molecule has 8 heteroatoms. The van der Waals surface area contributed by atoms with Crippen molar-refractivity contribution in [1.82, 2.24) is 10.3 Å². The predicted molar refractivity (Wildman–Crippen MR) is 108 cm³/mol. The van der Waals surface area contributed by atoms with Crippen LogP contribution in [0.4, 0.5) is 13.2 Å². The monoisotopic (exact) mass is 434 g/mol. The molecule has 2 heterocycles. The Morgan fingerprint density at radius 1 is 1.20 bits per heavy atom. The average Bonchev–Trinajstić information content (AvgIpc) is 2.68. The number of aromatic nitrogens is 1. The topological polar surface area (TPSA) is 51.2 Å². The summed E-state index contributed by atoms with van der Waals surface area (Å²) in [6.07, 6.45) is -4.15. The van der Waals surface area contributed by atoms with E-state index in [1.807, 2.05) is 0 Å². The molecule has 0 unspecified atom stereocenters. The van der Waals surface area contributed by atoms with Crippen molar-refractivity contribution in [2.75, 3.05) is 20.2 Å². The normalized spacial score (nSPS) is 14.6. The summed E-state index contributed by atoms with van der Waals surface area (Å²) in [6, 6.07) is 10.1. The van der Waals surface area contributed by atoms with Crippen molar-refractivity contribution in [1.29, 1.82) is 0 Å². The smallest absolute Gasteiger partial charge is 0.416 e. The highest BCUT2D eigenvalue weighted by Gasteiger charge is 2.30. The van der Waals surface area contributed by atoms with E-state index in [-0.39, 0.29) is 18.1 Å². The van der Waals surface area contributed by atoms with Crippen LogP contribution in [-0.4, -0.2) is 31.0 Å². The first-order valence-electron chi connectivity index (χ1n) is 9.35. The van der Waals surface area contributed by atoms with Crippen LogP contribution in [0.2, 0.25) is 5.02 Å². The molecule has 30 heavy (non-hydrogen) atoms. The maximum Gasteiger partial charge on any atom is 0.416 e. The molecule has 0 saturated carbocycles. The summed E-state index contributed by atoms with van der Waals surface area (Å²) in [5, 5.41) is 4.06. The number of rotatable bonds is 5. The standard InChI is InChI=1S/C22H18ClF3N2O2/c1-30-21-17(8-12-2-5-15(6-3-12)22(24,25)26)19(23)16-9-13(4-7-18(16)28-21)20(29)14-10-27-11-14/h2-7,9,14,27H,8,10-11H2,1H3. The fourth-order valence-corrected chi connectivity index (χ4v) is 3.74. The molecule has 4 rings (SSSR count). The lowest BCUT2D eigenvalue weighted by Gasteiger charge is -2.25. The predicted octanol–water partition coefficient (Wildman–Crippen LogP) is 4.91. The third-order valence-corrected chi connectivity index (χ3v) is 5.70. The molecular formula is C22H18ClF3N2O2. The van der Waals surface area contributed by atoms with Crippen LogP contribution >= 0.6 is 11.6 Å². The largest absolute Gasteiger partial charge is 0.481 e. The number of carbonyl (C=O) groups is 1. The van der Waals surface area contributed by atoms with Crippen LogP contribution in [0.25, 0.3) is 10.9 Å². The summed E-state index contributed by atoms with van der Waals surface area (Å²) in [5.74, 6) is 0.306. The van der Waals surface area contributed by atoms with Crippen LogP contribution in [-0.2, 0) is 12.6 Å². The molecule has 2 aromatic carbocycles. The van der Waals surface area contributed by atoms with Gasteiger partial charge in [0.2, 0.25) is 5.88 Å². The van der Waals surface area contributed by atoms with E-state index >= 15 is 0 Å². The lowest BCUT2D eigenvalue weighted by molar-refractivity contribution is -0.137. The number of halogens is 4. The molecule has 0 radical (unpaired) electrons. The Hall–Kier alpha value is -2.64. The minimum absolute atomic E-state index is 0.0425. The molecule has 0 bridgehead atoms. The van der Waals surface area contributed by atoms with Gasteiger partial charge < -0.3 is 10.1 Å². The number of methoxy groups -OCH3 is 1. The van der Waals surface area contributed by atoms with E-state index in [1.54, 1.807) is 18.2 Å². The Bertz CT molecular complexity index is 1110. The van der Waals surface area contributed by atoms with E-state index in [9.17, 15) is 18.0 Å². The molecule has 1 aliphatic heterocycles. The highest BCUT2D eigenvalue weighted by atomic mass is 35.5. The van der Waals surface area contributed by atoms with Gasteiger partial charge in [-0.2, -0.15) is 13.2 Å². The van der Waals surface area contributed by atoms with Gasteiger partial charge in [-0.05, 0) is 35.9 Å². The fourth-order valence-electron chi connectivity index (χ4n) is 3.44. The zero-order valence-corrected chi connectivity index (χ0v) is 16.8. The quantitative estimate of drug-likeness (QED) is 0.580. The summed E-state index contributed by atoms with van der Waals surface area (Å²) < 4.78 is 43.8. The molecule has 1 aliphatic rings. The van der Waals surface area contributed by atoms with Gasteiger partial charge in [0.1, 0.15) is 0 Å². The Morgan fingerprint density at radius 2 is 1.90 bits per heavy atom. The molecule has 1 fully saturated rings. The van der Waals surface area contributed by atoms with Gasteiger partial charge in [-0.1, -0.05) is 23.7 Å². The number of Topliss-reactive ketones (excluding diaryl/α,β-unsaturated/α-hetero) is 1. The van der Waals surface area contributed by atoms with Gasteiger partial charge in [-0.15, -0.1) is 0 Å². The number of nitrogens with zero attached hydrogens (tertiary/aromatic N) is 1. The summed E-state index contributed by atoms with van der Waals surface area (Å²) >= 11 is 6.66. The van der Waals surface area contributed by atoms with E-state index in [0.717, 1.165) is 12.1 Å². The lowest BCUT2D eigenvalue weighted by atomic mass is 9.92. The van der Waals surface area contributed by atoms with Gasteiger partial charge in [-0.3, -0.25) is 4.79 Å². The van der Waals surface area contributed by atoms with Crippen LogP contribution in [0.5, 0.6) is 5.88 Å². The Morgan fingerprint density at radius 3 is 2.47 bits per heavy atom. The molecule has 0 amide bonds. The maximum atomic E-state index is 12.8. The zero-order valence-electron chi connectivity index (χ0n) is 16.0. The van der Waals surface area contributed by atoms with Gasteiger partial charge in [0.05, 0.1) is 23.2 Å². The van der Waals surface area contributed by atoms with Gasteiger partial charge in [-0.25, -0.2) is 4.98 Å². The van der Waals surface area contributed by atoms with Gasteiger partial charge in [0.15, 0.2) is 5.78 Å². The van der Waals surface area contributed by atoms with Crippen molar-refractivity contribution in [3.05, 3.63) is 69.7 Å². The van der Waals surface area contributed by atoms with Crippen LogP contribution in [0.3, 0.4) is 0 Å². The van der Waals surface area contributed by atoms with Crippen LogP contribution in [0, 0.1) is 5.92 Å². The van der Waals surface area contributed by atoms with Gasteiger partial charge >= 0.3 is 6.18 Å². The Balaban J connectivity index is 1.72. The molecule has 0 atom stereocenters. The number of hydrogen-bond donors (Lipinski definition) is 1. The second-order valence-corrected chi connectivity index (χ2v) is 7.61. The van der Waals surface area contributed by atoms with Crippen LogP contribution < -0.4 is 10.1 Å². The SMILES string of the molecule is COc1nc2ccc(C(=O)C3CNC3)cc2c(Cl)c1Cc1ccc(C(F)(F)F)cc1. The van der Waals surface area contributed by atoms with Crippen molar-refractivity contribution < 1.29 is 22.7 Å². The molecule has 3 aromatic rings. The third kappa shape index (κ3) is 3.87. The van der Waals surface area contributed by atoms with Gasteiger partial charge in [0.25, 0.3) is 0 Å². The molecule has 1 aromatic heterocycles. The molecule has 1 saturated heterocycles. The molecule has 1 N–H and O–H groups in total. The highest BCUT2D eigenvalue weighted by Crippen LogP contribution is 2.35. The molecular weight excluding hydrogens is 417 g/mol. The number of alkyl halides is 3. The number of nitrogens with one attached hydrogen (secondary N) is 1. The van der Waals surface area contributed by atoms with Crippen molar-refractivity contribution in [2.45, 2.75) is 12.6 Å². The number of benzene rings is 2. The fraction of sp³-hybridized carbons (Fsp3) is 0.273. The Labute approximate surface area is 176 Å². The van der Waals surface area contributed by atoms with Crippen molar-refractivity contribution >= 4 is 28.3 Å². The van der Waals surface area contributed by atoms with Crippen LogP contribution in [0.15, 0.2) is 42.5 Å². The third-order valence-electron chi connectivity index (χ3n) is 5.27. The molecule has 0 aliphatic carbocycles. The van der Waals surface area contributed by atoms with Crippen molar-refractivity contribution in [3.63, 3.8) is 0 Å².